The van der Waals surface area contributed by atoms with E-state index in [0.717, 1.165) is 5.56 Å². The molecule has 0 aliphatic heterocycles. The lowest BCUT2D eigenvalue weighted by atomic mass is 10.1. The molecule has 6 heteroatoms. The van der Waals surface area contributed by atoms with Crippen molar-refractivity contribution < 1.29 is 24.2 Å². The minimum absolute atomic E-state index is 0.0788. The van der Waals surface area contributed by atoms with E-state index in [1.165, 1.54) is 12.1 Å². The SMILES string of the molecule is O=C(CCc1ccc(F)cc1)N[C@@H](CO)C(=O)O. The Morgan fingerprint density at radius 2 is 1.89 bits per heavy atom. The van der Waals surface area contributed by atoms with Crippen LogP contribution in [0, 0.1) is 5.82 Å². The maximum Gasteiger partial charge on any atom is 0.328 e. The van der Waals surface area contributed by atoms with Gasteiger partial charge in [-0.3, -0.25) is 4.79 Å². The number of aliphatic carboxylic acids is 1. The van der Waals surface area contributed by atoms with E-state index in [1.807, 2.05) is 0 Å². The van der Waals surface area contributed by atoms with Gasteiger partial charge in [-0.05, 0) is 24.1 Å². The molecule has 0 unspecified atom stereocenters. The number of benzene rings is 1. The van der Waals surface area contributed by atoms with Crippen molar-refractivity contribution in [2.45, 2.75) is 18.9 Å². The Morgan fingerprint density at radius 3 is 2.39 bits per heavy atom. The highest BCUT2D eigenvalue weighted by atomic mass is 19.1. The number of aliphatic hydroxyl groups is 1. The molecule has 0 saturated heterocycles. The lowest BCUT2D eigenvalue weighted by molar-refractivity contribution is -0.142. The Labute approximate surface area is 103 Å². The van der Waals surface area contributed by atoms with Crippen LogP contribution in [0.2, 0.25) is 0 Å². The number of hydrogen-bond donors (Lipinski definition) is 3. The first-order valence-electron chi connectivity index (χ1n) is 5.40. The minimum atomic E-state index is -1.29. The lowest BCUT2D eigenvalue weighted by Gasteiger charge is -2.11. The highest BCUT2D eigenvalue weighted by molar-refractivity contribution is 5.83. The van der Waals surface area contributed by atoms with Crippen molar-refractivity contribution in [1.29, 1.82) is 0 Å². The molecule has 18 heavy (non-hydrogen) atoms. The maximum absolute atomic E-state index is 12.6. The van der Waals surface area contributed by atoms with E-state index in [4.69, 9.17) is 10.2 Å². The first-order chi connectivity index (χ1) is 8.52. The van der Waals surface area contributed by atoms with Gasteiger partial charge in [0, 0.05) is 6.42 Å². The fraction of sp³-hybridized carbons (Fsp3) is 0.333. The van der Waals surface area contributed by atoms with Gasteiger partial charge in [0.25, 0.3) is 0 Å². The summed E-state index contributed by atoms with van der Waals surface area (Å²) < 4.78 is 12.6. The zero-order chi connectivity index (χ0) is 13.5. The summed E-state index contributed by atoms with van der Waals surface area (Å²) in [5.74, 6) is -2.11. The number of carboxylic acids is 1. The highest BCUT2D eigenvalue weighted by Crippen LogP contribution is 2.05. The summed E-state index contributed by atoms with van der Waals surface area (Å²) in [6, 6.07) is 4.42. The van der Waals surface area contributed by atoms with Gasteiger partial charge in [-0.15, -0.1) is 0 Å². The van der Waals surface area contributed by atoms with Crippen molar-refractivity contribution in [3.05, 3.63) is 35.6 Å². The van der Waals surface area contributed by atoms with Crippen LogP contribution in [-0.4, -0.2) is 34.7 Å². The molecule has 0 aliphatic rings. The molecule has 0 aromatic heterocycles. The Kier molecular flexibility index (Phi) is 5.26. The van der Waals surface area contributed by atoms with Gasteiger partial charge in [0.05, 0.1) is 6.61 Å². The van der Waals surface area contributed by atoms with E-state index in [1.54, 1.807) is 12.1 Å². The van der Waals surface area contributed by atoms with Crippen molar-refractivity contribution in [3.63, 3.8) is 0 Å². The van der Waals surface area contributed by atoms with Crippen molar-refractivity contribution in [2.24, 2.45) is 0 Å². The van der Waals surface area contributed by atoms with Crippen molar-refractivity contribution >= 4 is 11.9 Å². The summed E-state index contributed by atoms with van der Waals surface area (Å²) in [4.78, 5) is 22.0. The number of hydrogen-bond acceptors (Lipinski definition) is 3. The van der Waals surface area contributed by atoms with Crippen LogP contribution >= 0.6 is 0 Å². The van der Waals surface area contributed by atoms with E-state index < -0.39 is 24.5 Å². The molecular weight excluding hydrogens is 241 g/mol. The molecule has 0 spiro atoms. The molecule has 0 saturated carbocycles. The molecule has 1 aromatic carbocycles. The third-order valence-electron chi connectivity index (χ3n) is 2.37. The standard InChI is InChI=1S/C12H14FNO4/c13-9-4-1-8(2-5-9)3-6-11(16)14-10(7-15)12(17)18/h1-2,4-5,10,15H,3,6-7H2,(H,14,16)(H,17,18)/t10-/m0/s1. The number of rotatable bonds is 6. The van der Waals surface area contributed by atoms with E-state index in [0.29, 0.717) is 6.42 Å². The number of halogens is 1. The van der Waals surface area contributed by atoms with Crippen LogP contribution in [0.4, 0.5) is 4.39 Å². The van der Waals surface area contributed by atoms with Crippen molar-refractivity contribution in [1.82, 2.24) is 5.32 Å². The highest BCUT2D eigenvalue weighted by Gasteiger charge is 2.18. The molecular formula is C12H14FNO4. The fourth-order valence-electron chi connectivity index (χ4n) is 1.36. The second-order valence-corrected chi connectivity index (χ2v) is 3.77. The largest absolute Gasteiger partial charge is 0.480 e. The van der Waals surface area contributed by atoms with Crippen LogP contribution in [0.3, 0.4) is 0 Å². The van der Waals surface area contributed by atoms with Gasteiger partial charge in [-0.1, -0.05) is 12.1 Å². The predicted octanol–water partition coefficient (Wildman–Crippen LogP) is 0.320. The summed E-state index contributed by atoms with van der Waals surface area (Å²) in [6.45, 7) is -0.655. The van der Waals surface area contributed by atoms with E-state index in [9.17, 15) is 14.0 Å². The Bertz CT molecular complexity index is 419. The zero-order valence-electron chi connectivity index (χ0n) is 9.60. The van der Waals surface area contributed by atoms with Gasteiger partial charge in [0.15, 0.2) is 0 Å². The van der Waals surface area contributed by atoms with Gasteiger partial charge in [0.2, 0.25) is 5.91 Å². The normalized spacial score (nSPS) is 11.9. The van der Waals surface area contributed by atoms with Crippen LogP contribution < -0.4 is 5.32 Å². The molecule has 5 nitrogen and oxygen atoms in total. The Morgan fingerprint density at radius 1 is 1.28 bits per heavy atom. The molecule has 0 aliphatic carbocycles. The molecule has 0 heterocycles. The molecule has 1 atom stereocenters. The molecule has 0 bridgehead atoms. The van der Waals surface area contributed by atoms with Crippen LogP contribution in [0.1, 0.15) is 12.0 Å². The number of carbonyl (C=O) groups is 2. The van der Waals surface area contributed by atoms with Gasteiger partial charge >= 0.3 is 5.97 Å². The first-order valence-corrected chi connectivity index (χ1v) is 5.40. The topological polar surface area (TPSA) is 86.6 Å². The molecule has 0 radical (unpaired) electrons. The molecule has 98 valence electrons. The number of amides is 1. The van der Waals surface area contributed by atoms with Crippen molar-refractivity contribution in [2.75, 3.05) is 6.61 Å². The van der Waals surface area contributed by atoms with Gasteiger partial charge in [-0.2, -0.15) is 0 Å². The number of carbonyl (C=O) groups excluding carboxylic acids is 1. The number of aryl methyl sites for hydroxylation is 1. The second kappa shape index (κ2) is 6.70. The van der Waals surface area contributed by atoms with E-state index in [-0.39, 0.29) is 12.2 Å². The summed E-state index contributed by atoms with van der Waals surface area (Å²) >= 11 is 0. The van der Waals surface area contributed by atoms with Gasteiger partial charge in [-0.25, -0.2) is 9.18 Å². The second-order valence-electron chi connectivity index (χ2n) is 3.77. The van der Waals surface area contributed by atoms with Crippen LogP contribution in [0.5, 0.6) is 0 Å². The van der Waals surface area contributed by atoms with Gasteiger partial charge in [0.1, 0.15) is 11.9 Å². The van der Waals surface area contributed by atoms with Gasteiger partial charge < -0.3 is 15.5 Å². The number of carboxylic acid groups (broad SMARTS) is 1. The molecule has 3 N–H and O–H groups in total. The molecule has 1 rings (SSSR count). The maximum atomic E-state index is 12.6. The fourth-order valence-corrected chi connectivity index (χ4v) is 1.36. The monoisotopic (exact) mass is 255 g/mol. The quantitative estimate of drug-likeness (QED) is 0.683. The molecule has 1 amide bonds. The first kappa shape index (κ1) is 14.1. The molecule has 0 fully saturated rings. The predicted molar refractivity (Wildman–Crippen MR) is 61.4 cm³/mol. The van der Waals surface area contributed by atoms with E-state index in [2.05, 4.69) is 5.32 Å². The van der Waals surface area contributed by atoms with Crippen LogP contribution in [-0.2, 0) is 16.0 Å². The Balaban J connectivity index is 2.41. The summed E-state index contributed by atoms with van der Waals surface area (Å²) in [6.07, 6.45) is 0.458. The third-order valence-corrected chi connectivity index (χ3v) is 2.37. The third kappa shape index (κ3) is 4.50. The summed E-state index contributed by atoms with van der Waals surface area (Å²) in [7, 11) is 0. The minimum Gasteiger partial charge on any atom is -0.480 e. The summed E-state index contributed by atoms with van der Waals surface area (Å²) in [5.41, 5.74) is 0.780. The van der Waals surface area contributed by atoms with Crippen LogP contribution in [0.15, 0.2) is 24.3 Å². The zero-order valence-corrected chi connectivity index (χ0v) is 9.60. The summed E-state index contributed by atoms with van der Waals surface area (Å²) in [5, 5.41) is 19.5. The van der Waals surface area contributed by atoms with E-state index >= 15 is 0 Å². The number of nitrogens with one attached hydrogen (secondary N) is 1. The average molecular weight is 255 g/mol. The smallest absolute Gasteiger partial charge is 0.328 e. The van der Waals surface area contributed by atoms with Crippen LogP contribution in [0.25, 0.3) is 0 Å². The Hall–Kier alpha value is -1.95. The molecule has 1 aromatic rings. The van der Waals surface area contributed by atoms with Crippen molar-refractivity contribution in [3.8, 4) is 0 Å². The lowest BCUT2D eigenvalue weighted by Crippen LogP contribution is -2.43. The number of aliphatic hydroxyl groups excluding tert-OH is 1. The average Bonchev–Trinajstić information content (AvgIpc) is 2.35.